The second-order valence-corrected chi connectivity index (χ2v) is 9.58. The van der Waals surface area contributed by atoms with Crippen LogP contribution in [-0.2, 0) is 4.79 Å². The smallest absolute Gasteiger partial charge is 0.139 e. The minimum absolute atomic E-state index is 0.386. The Morgan fingerprint density at radius 1 is 0.462 bits per heavy atom. The summed E-state index contributed by atoms with van der Waals surface area (Å²) in [5.41, 5.74) is 0. The summed E-state index contributed by atoms with van der Waals surface area (Å²) in [6.45, 7) is 2.42. The van der Waals surface area contributed by atoms with Crippen molar-refractivity contribution in [2.45, 2.75) is 135 Å². The third kappa shape index (κ3) is 9.05. The molecule has 2 unspecified atom stereocenters. The summed E-state index contributed by atoms with van der Waals surface area (Å²) < 4.78 is 0. The topological polar surface area (TPSA) is 17.1 Å². The van der Waals surface area contributed by atoms with Gasteiger partial charge in [-0.2, -0.15) is 0 Å². The highest BCUT2D eigenvalue weighted by Gasteiger charge is 2.26. The molecule has 0 aliphatic heterocycles. The van der Waals surface area contributed by atoms with Gasteiger partial charge in [0.1, 0.15) is 5.78 Å². The molecule has 0 spiro atoms. The number of hydrogen-bond acceptors (Lipinski definition) is 1. The first-order valence-electron chi connectivity index (χ1n) is 12.3. The summed E-state index contributed by atoms with van der Waals surface area (Å²) in [5, 5.41) is 0. The maximum atomic E-state index is 13.4. The lowest BCUT2D eigenvalue weighted by molar-refractivity contribution is -0.128. The quantitative estimate of drug-likeness (QED) is 0.483. The first-order valence-corrected chi connectivity index (χ1v) is 12.3. The van der Waals surface area contributed by atoms with Crippen molar-refractivity contribution in [2.24, 2.45) is 17.8 Å². The van der Waals surface area contributed by atoms with Crippen LogP contribution in [0.15, 0.2) is 0 Å². The average Bonchev–Trinajstić information content (AvgIpc) is 2.69. The van der Waals surface area contributed by atoms with Crippen LogP contribution in [0.5, 0.6) is 0 Å². The fraction of sp³-hybridized carbons (Fsp3) is 0.960. The van der Waals surface area contributed by atoms with E-state index in [1.54, 1.807) is 0 Å². The predicted molar refractivity (Wildman–Crippen MR) is 113 cm³/mol. The van der Waals surface area contributed by atoms with Gasteiger partial charge in [0.15, 0.2) is 0 Å². The molecule has 2 aliphatic rings. The highest BCUT2D eigenvalue weighted by Crippen LogP contribution is 2.30. The van der Waals surface area contributed by atoms with Crippen molar-refractivity contribution >= 4 is 5.78 Å². The van der Waals surface area contributed by atoms with E-state index >= 15 is 0 Å². The normalized spacial score (nSPS) is 29.7. The number of Topliss-reactive ketones (excluding diaryl/α,β-unsaturated/α-hetero) is 1. The molecule has 0 aromatic carbocycles. The fourth-order valence-electron chi connectivity index (χ4n) is 5.30. The Morgan fingerprint density at radius 3 is 1.23 bits per heavy atom. The van der Waals surface area contributed by atoms with Crippen molar-refractivity contribution in [3.63, 3.8) is 0 Å². The molecule has 2 saturated carbocycles. The summed E-state index contributed by atoms with van der Waals surface area (Å²) >= 11 is 0. The lowest BCUT2D eigenvalue weighted by atomic mass is 9.80. The Morgan fingerprint density at radius 2 is 0.769 bits per heavy atom. The van der Waals surface area contributed by atoms with E-state index in [9.17, 15) is 4.79 Å². The van der Waals surface area contributed by atoms with Gasteiger partial charge in [-0.15, -0.1) is 0 Å². The van der Waals surface area contributed by atoms with Crippen LogP contribution in [-0.4, -0.2) is 5.78 Å². The molecule has 0 amide bonds. The summed E-state index contributed by atoms with van der Waals surface area (Å²) in [6, 6.07) is 0. The Kier molecular flexibility index (Phi) is 11.6. The molecule has 152 valence electrons. The van der Waals surface area contributed by atoms with E-state index in [1.165, 1.54) is 128 Å². The zero-order chi connectivity index (χ0) is 18.5. The van der Waals surface area contributed by atoms with Crippen LogP contribution in [0.25, 0.3) is 0 Å². The largest absolute Gasteiger partial charge is 0.299 e. The Hall–Kier alpha value is -0.330. The number of hydrogen-bond donors (Lipinski definition) is 0. The monoisotopic (exact) mass is 362 g/mol. The molecule has 0 radical (unpaired) electrons. The number of carbonyl (C=O) groups is 1. The Balaban J connectivity index is 1.89. The Bertz CT molecular complexity index is 349. The Labute approximate surface area is 164 Å². The molecular weight excluding hydrogens is 316 g/mol. The van der Waals surface area contributed by atoms with Gasteiger partial charge in [0.25, 0.3) is 0 Å². The van der Waals surface area contributed by atoms with Crippen LogP contribution >= 0.6 is 0 Å². The van der Waals surface area contributed by atoms with Gasteiger partial charge in [-0.25, -0.2) is 0 Å². The maximum absolute atomic E-state index is 13.4. The van der Waals surface area contributed by atoms with E-state index in [1.807, 2.05) is 0 Å². The van der Waals surface area contributed by atoms with Crippen LogP contribution in [0.1, 0.15) is 135 Å². The maximum Gasteiger partial charge on any atom is 0.139 e. The van der Waals surface area contributed by atoms with Gasteiger partial charge in [-0.3, -0.25) is 4.79 Å². The standard InChI is InChI=1S/C25H46O/c1-22-16-11-7-6-10-14-20-24(21-15-17-22)25(26)23-18-12-8-4-2-3-5-9-13-19-23/h22-24H,2-21H2,1H3. The van der Waals surface area contributed by atoms with Crippen LogP contribution in [0, 0.1) is 17.8 Å². The molecule has 2 fully saturated rings. The van der Waals surface area contributed by atoms with E-state index in [2.05, 4.69) is 6.92 Å². The van der Waals surface area contributed by atoms with Gasteiger partial charge in [-0.1, -0.05) is 110 Å². The van der Waals surface area contributed by atoms with E-state index < -0.39 is 0 Å². The molecule has 0 bridgehead atoms. The van der Waals surface area contributed by atoms with Gasteiger partial charge in [0, 0.05) is 11.8 Å². The van der Waals surface area contributed by atoms with Gasteiger partial charge < -0.3 is 0 Å². The molecule has 1 nitrogen and oxygen atoms in total. The molecule has 0 aromatic rings. The summed E-state index contributed by atoms with van der Waals surface area (Å²) in [7, 11) is 0. The fourth-order valence-corrected chi connectivity index (χ4v) is 5.30. The van der Waals surface area contributed by atoms with Crippen LogP contribution in [0.4, 0.5) is 0 Å². The van der Waals surface area contributed by atoms with Gasteiger partial charge in [-0.05, 0) is 31.6 Å². The van der Waals surface area contributed by atoms with E-state index in [0.717, 1.165) is 5.92 Å². The highest BCUT2D eigenvalue weighted by atomic mass is 16.1. The van der Waals surface area contributed by atoms with Gasteiger partial charge in [0.2, 0.25) is 0 Å². The molecule has 1 heteroatoms. The molecule has 0 aromatic heterocycles. The van der Waals surface area contributed by atoms with Gasteiger partial charge >= 0.3 is 0 Å². The van der Waals surface area contributed by atoms with Crippen molar-refractivity contribution < 1.29 is 4.79 Å². The molecular formula is C25H46O. The van der Waals surface area contributed by atoms with Crippen LogP contribution in [0.3, 0.4) is 0 Å². The van der Waals surface area contributed by atoms with Crippen molar-refractivity contribution in [1.29, 1.82) is 0 Å². The third-order valence-corrected chi connectivity index (χ3v) is 7.16. The number of ketones is 1. The molecule has 26 heavy (non-hydrogen) atoms. The van der Waals surface area contributed by atoms with Crippen molar-refractivity contribution in [1.82, 2.24) is 0 Å². The second kappa shape index (κ2) is 13.8. The SMILES string of the molecule is CC1CCCCCCCC(C(=O)C2CCCCCCCCCC2)CCC1. The lowest BCUT2D eigenvalue weighted by Crippen LogP contribution is -2.24. The number of rotatable bonds is 2. The van der Waals surface area contributed by atoms with E-state index in [-0.39, 0.29) is 0 Å². The molecule has 0 saturated heterocycles. The number of carbonyl (C=O) groups excluding carboxylic acids is 1. The summed E-state index contributed by atoms with van der Waals surface area (Å²) in [5.74, 6) is 2.32. The highest BCUT2D eigenvalue weighted by molar-refractivity contribution is 5.83. The molecule has 2 aliphatic carbocycles. The van der Waals surface area contributed by atoms with E-state index in [4.69, 9.17) is 0 Å². The average molecular weight is 363 g/mol. The van der Waals surface area contributed by atoms with Crippen molar-refractivity contribution in [3.8, 4) is 0 Å². The minimum Gasteiger partial charge on any atom is -0.299 e. The first kappa shape index (κ1) is 22.0. The molecule has 2 atom stereocenters. The molecule has 0 N–H and O–H groups in total. The summed E-state index contributed by atoms with van der Waals surface area (Å²) in [6.07, 6.45) is 26.5. The van der Waals surface area contributed by atoms with E-state index in [0.29, 0.717) is 17.6 Å². The van der Waals surface area contributed by atoms with Crippen LogP contribution < -0.4 is 0 Å². The third-order valence-electron chi connectivity index (χ3n) is 7.16. The van der Waals surface area contributed by atoms with Crippen LogP contribution in [0.2, 0.25) is 0 Å². The van der Waals surface area contributed by atoms with Crippen molar-refractivity contribution in [2.75, 3.05) is 0 Å². The zero-order valence-electron chi connectivity index (χ0n) is 17.8. The second-order valence-electron chi connectivity index (χ2n) is 9.58. The lowest BCUT2D eigenvalue weighted by Gasteiger charge is -2.24. The minimum atomic E-state index is 0.386. The molecule has 0 heterocycles. The predicted octanol–water partition coefficient (Wildman–Crippen LogP) is 8.25. The molecule has 2 rings (SSSR count). The first-order chi connectivity index (χ1) is 12.8. The summed E-state index contributed by atoms with van der Waals surface area (Å²) in [4.78, 5) is 13.4. The zero-order valence-corrected chi connectivity index (χ0v) is 17.8. The van der Waals surface area contributed by atoms with Crippen molar-refractivity contribution in [3.05, 3.63) is 0 Å². The van der Waals surface area contributed by atoms with Gasteiger partial charge in [0.05, 0.1) is 0 Å².